The highest BCUT2D eigenvalue weighted by Crippen LogP contribution is 2.79. The van der Waals surface area contributed by atoms with E-state index in [-0.39, 0.29) is 24.4 Å². The van der Waals surface area contributed by atoms with Crippen LogP contribution in [-0.4, -0.2) is 211 Å². The molecule has 4 saturated carbocycles. The third-order valence-electron chi connectivity index (χ3n) is 20.5. The predicted octanol–water partition coefficient (Wildman–Crippen LogP) is -1.51. The lowest BCUT2D eigenvalue weighted by Gasteiger charge is -2.73. The highest BCUT2D eigenvalue weighted by atomic mass is 32.3. The molecule has 0 radical (unpaired) electrons. The SMILES string of the molecule is CC1OC(OC2CCC3(C)C(CCC4(C)C3C=CC35OCC6(CCC(C)(C(=O)O)CC63)C(O)CC45C)C2(C)CO)C(OC2OC(CO)C(O)C(O)C2O)C(OC2OC(CO)C(OS(=O)(=O)O)C(O)C2O)C1O. The summed E-state index contributed by atoms with van der Waals surface area (Å²) < 4.78 is 81.1. The van der Waals surface area contributed by atoms with Gasteiger partial charge in [0.2, 0.25) is 0 Å². The zero-order valence-corrected chi connectivity index (χ0v) is 42.3. The van der Waals surface area contributed by atoms with Gasteiger partial charge in [-0.15, -0.1) is 0 Å². The molecule has 0 aromatic rings. The molecule has 2 bridgehead atoms. The number of fused-ring (bicyclic) bond motifs is 4. The Morgan fingerprint density at radius 2 is 1.33 bits per heavy atom. The summed E-state index contributed by atoms with van der Waals surface area (Å²) in [6.07, 6.45) is -20.2. The van der Waals surface area contributed by atoms with Gasteiger partial charge in [-0.3, -0.25) is 9.35 Å². The average Bonchev–Trinajstić information content (AvgIpc) is 3.60. The lowest BCUT2D eigenvalue weighted by atomic mass is 9.32. The molecule has 9 rings (SSSR count). The monoisotopic (exact) mass is 1050 g/mol. The number of carboxylic acids is 1. The van der Waals surface area contributed by atoms with E-state index < -0.39 is 172 Å². The number of rotatable bonds is 12. The van der Waals surface area contributed by atoms with E-state index in [0.717, 1.165) is 0 Å². The van der Waals surface area contributed by atoms with Gasteiger partial charge in [-0.05, 0) is 87.9 Å². The minimum atomic E-state index is -5.25. The van der Waals surface area contributed by atoms with Gasteiger partial charge in [0, 0.05) is 22.2 Å². The molecule has 24 heteroatoms. The molecule has 5 aliphatic carbocycles. The van der Waals surface area contributed by atoms with Crippen molar-refractivity contribution in [3.05, 3.63) is 12.2 Å². The molecule has 8 fully saturated rings. The Morgan fingerprint density at radius 1 is 0.694 bits per heavy atom. The van der Waals surface area contributed by atoms with E-state index in [2.05, 4.69) is 37.1 Å². The maximum atomic E-state index is 12.7. The van der Waals surface area contributed by atoms with Gasteiger partial charge in [0.25, 0.3) is 0 Å². The molecule has 0 aromatic carbocycles. The van der Waals surface area contributed by atoms with E-state index >= 15 is 0 Å². The molecule has 4 heterocycles. The summed E-state index contributed by atoms with van der Waals surface area (Å²) in [5.41, 5.74) is -4.96. The zero-order valence-electron chi connectivity index (χ0n) is 41.5. The van der Waals surface area contributed by atoms with Crippen molar-refractivity contribution in [2.24, 2.45) is 50.2 Å². The van der Waals surface area contributed by atoms with Gasteiger partial charge in [-0.2, -0.15) is 8.42 Å². The van der Waals surface area contributed by atoms with Crippen LogP contribution in [0.5, 0.6) is 0 Å². The molecule has 1 spiro atoms. The van der Waals surface area contributed by atoms with Crippen LogP contribution in [0.25, 0.3) is 0 Å². The fraction of sp³-hybridized carbons (Fsp3) is 0.938. The smallest absolute Gasteiger partial charge is 0.397 e. The summed E-state index contributed by atoms with van der Waals surface area (Å²) in [7, 11) is -5.25. The van der Waals surface area contributed by atoms with E-state index in [1.807, 2.05) is 6.92 Å². The third kappa shape index (κ3) is 8.06. The van der Waals surface area contributed by atoms with E-state index in [9.17, 15) is 73.9 Å². The Balaban J connectivity index is 1.03. The Morgan fingerprint density at radius 3 is 1.96 bits per heavy atom. The fourth-order valence-electron chi connectivity index (χ4n) is 16.0. The highest BCUT2D eigenvalue weighted by Gasteiger charge is 2.79. The van der Waals surface area contributed by atoms with Crippen LogP contribution in [0.1, 0.15) is 92.9 Å². The number of allylic oxidation sites excluding steroid dienone is 1. The van der Waals surface area contributed by atoms with E-state index in [4.69, 9.17) is 33.2 Å². The molecule has 0 amide bonds. The quantitative estimate of drug-likeness (QED) is 0.0601. The summed E-state index contributed by atoms with van der Waals surface area (Å²) >= 11 is 0. The van der Waals surface area contributed by atoms with Crippen molar-refractivity contribution < 1.29 is 111 Å². The first-order valence-electron chi connectivity index (χ1n) is 25.3. The van der Waals surface area contributed by atoms with Crippen LogP contribution in [0, 0.1) is 50.2 Å². The fourth-order valence-corrected chi connectivity index (χ4v) is 16.6. The highest BCUT2D eigenvalue weighted by molar-refractivity contribution is 7.80. The second-order valence-corrected chi connectivity index (χ2v) is 25.0. The summed E-state index contributed by atoms with van der Waals surface area (Å²) in [4.78, 5) is 12.7. The first-order chi connectivity index (χ1) is 33.5. The summed E-state index contributed by atoms with van der Waals surface area (Å²) in [5.74, 6) is -1.41. The van der Waals surface area contributed by atoms with Crippen LogP contribution in [0.15, 0.2) is 12.2 Å². The molecule has 4 saturated heterocycles. The van der Waals surface area contributed by atoms with Crippen molar-refractivity contribution in [2.45, 2.75) is 203 Å². The lowest BCUT2D eigenvalue weighted by Crippen LogP contribution is -2.73. The largest absolute Gasteiger partial charge is 0.481 e. The number of carbonyl (C=O) groups is 1. The zero-order chi connectivity index (χ0) is 52.7. The Labute approximate surface area is 418 Å². The first kappa shape index (κ1) is 55.2. The molecule has 72 heavy (non-hydrogen) atoms. The number of carboxylic acid groups (broad SMARTS) is 1. The Kier molecular flexibility index (Phi) is 14.4. The number of aliphatic hydroxyl groups excluding tert-OH is 10. The van der Waals surface area contributed by atoms with Crippen LogP contribution >= 0.6 is 0 Å². The second kappa shape index (κ2) is 18.8. The Hall–Kier alpha value is -1.60. The number of aliphatic carboxylic acids is 1. The van der Waals surface area contributed by atoms with Crippen LogP contribution in [0.3, 0.4) is 0 Å². The molecule has 0 aromatic heterocycles. The van der Waals surface area contributed by atoms with Crippen LogP contribution in [0.2, 0.25) is 0 Å². The van der Waals surface area contributed by atoms with Gasteiger partial charge in [0.1, 0.15) is 67.1 Å². The van der Waals surface area contributed by atoms with Gasteiger partial charge in [-0.25, -0.2) is 4.18 Å². The van der Waals surface area contributed by atoms with Gasteiger partial charge in [0.15, 0.2) is 18.9 Å². The molecule has 12 N–H and O–H groups in total. The van der Waals surface area contributed by atoms with Gasteiger partial charge < -0.3 is 89.3 Å². The average molecular weight is 1050 g/mol. The molecule has 9 aliphatic rings. The van der Waals surface area contributed by atoms with E-state index in [1.165, 1.54) is 6.92 Å². The molecule has 412 valence electrons. The van der Waals surface area contributed by atoms with Crippen molar-refractivity contribution in [3.8, 4) is 0 Å². The van der Waals surface area contributed by atoms with Crippen LogP contribution in [-0.2, 0) is 52.5 Å². The third-order valence-corrected chi connectivity index (χ3v) is 21.0. The number of hydrogen-bond donors (Lipinski definition) is 12. The summed E-state index contributed by atoms with van der Waals surface area (Å²) in [6, 6.07) is 0. The minimum Gasteiger partial charge on any atom is -0.481 e. The van der Waals surface area contributed by atoms with Gasteiger partial charge in [-0.1, -0.05) is 39.8 Å². The topological polar surface area (TPSA) is 368 Å². The standard InChI is InChI=1S/C48H76O23S/c1-21-29(53)36(69-39-34(58)32(56)35(23(18-50)67-39)71-72(61,62)63)37(70-38-33(57)31(55)30(54)22(17-49)66-38)40(65-21)68-28-9-10-43(3)24(44(28,4)19-51)7-11-45(5)25(43)8-12-48-26-15-42(2,41(59)60)13-14-47(26,20-64-48)27(52)16-46(45,48)6/h8,12,21-40,49-58H,7,9-11,13-20H2,1-6H3,(H,59,60)(H,61,62,63). The van der Waals surface area contributed by atoms with Crippen molar-refractivity contribution in [3.63, 3.8) is 0 Å². The first-order valence-corrected chi connectivity index (χ1v) is 26.7. The predicted molar refractivity (Wildman–Crippen MR) is 242 cm³/mol. The van der Waals surface area contributed by atoms with Gasteiger partial charge >= 0.3 is 16.4 Å². The lowest BCUT2D eigenvalue weighted by molar-refractivity contribution is -0.397. The molecule has 27 atom stereocenters. The van der Waals surface area contributed by atoms with Crippen molar-refractivity contribution in [2.75, 3.05) is 26.4 Å². The number of hydrogen-bond acceptors (Lipinski definition) is 21. The normalized spacial score (nSPS) is 56.3. The molecule has 4 aliphatic heterocycles. The maximum Gasteiger partial charge on any atom is 0.397 e. The van der Waals surface area contributed by atoms with Crippen LogP contribution < -0.4 is 0 Å². The molecule has 27 unspecified atom stereocenters. The maximum absolute atomic E-state index is 12.7. The van der Waals surface area contributed by atoms with Crippen molar-refractivity contribution >= 4 is 16.4 Å². The minimum absolute atomic E-state index is 0.104. The number of aliphatic hydroxyl groups is 10. The van der Waals surface area contributed by atoms with Crippen molar-refractivity contribution in [1.29, 1.82) is 0 Å². The Bertz CT molecular complexity index is 2170. The van der Waals surface area contributed by atoms with E-state index in [0.29, 0.717) is 58.0 Å². The number of ether oxygens (including phenoxy) is 7. The second-order valence-electron chi connectivity index (χ2n) is 24.0. The van der Waals surface area contributed by atoms with Crippen LogP contribution in [0.4, 0.5) is 0 Å². The van der Waals surface area contributed by atoms with E-state index in [1.54, 1.807) is 6.92 Å². The molecular weight excluding hydrogens is 977 g/mol. The molecular formula is C48H76O23S. The van der Waals surface area contributed by atoms with Crippen molar-refractivity contribution in [1.82, 2.24) is 0 Å². The summed E-state index contributed by atoms with van der Waals surface area (Å²) in [6.45, 7) is 9.99. The summed E-state index contributed by atoms with van der Waals surface area (Å²) in [5, 5.41) is 121. The molecule has 23 nitrogen and oxygen atoms in total. The van der Waals surface area contributed by atoms with Gasteiger partial charge in [0.05, 0.1) is 55.8 Å².